The Labute approximate surface area is 82.7 Å². The van der Waals surface area contributed by atoms with E-state index in [-0.39, 0.29) is 0 Å². The van der Waals surface area contributed by atoms with E-state index in [1.165, 1.54) is 0 Å². The van der Waals surface area contributed by atoms with E-state index in [1.54, 1.807) is 13.2 Å². The molecule has 1 rings (SSSR count). The number of rotatable bonds is 3. The van der Waals surface area contributed by atoms with E-state index in [9.17, 15) is 0 Å². The van der Waals surface area contributed by atoms with Gasteiger partial charge >= 0.3 is 0 Å². The van der Waals surface area contributed by atoms with Gasteiger partial charge in [0, 0.05) is 6.42 Å². The number of hydrogen-bond acceptors (Lipinski definition) is 2. The number of hydrogen-bond donors (Lipinski definition) is 0. The molecule has 0 aliphatic carbocycles. The van der Waals surface area contributed by atoms with Gasteiger partial charge in [0.2, 0.25) is 0 Å². The quantitative estimate of drug-likeness (QED) is 0.743. The molecule has 13 heavy (non-hydrogen) atoms. The van der Waals surface area contributed by atoms with Crippen molar-refractivity contribution in [2.75, 3.05) is 7.11 Å². The Morgan fingerprint density at radius 3 is 2.92 bits per heavy atom. The molecule has 0 aliphatic heterocycles. The van der Waals surface area contributed by atoms with E-state index in [4.69, 9.17) is 21.6 Å². The van der Waals surface area contributed by atoms with Crippen molar-refractivity contribution in [2.24, 2.45) is 0 Å². The first-order valence-electron chi connectivity index (χ1n) is 3.97. The molecule has 0 radical (unpaired) electrons. The first-order chi connectivity index (χ1) is 6.27. The van der Waals surface area contributed by atoms with Gasteiger partial charge < -0.3 is 4.74 Å². The molecule has 0 aliphatic rings. The summed E-state index contributed by atoms with van der Waals surface area (Å²) < 4.78 is 5.05. The third-order valence-electron chi connectivity index (χ3n) is 1.74. The molecule has 0 N–H and O–H groups in total. The smallest absolute Gasteiger partial charge is 0.137 e. The second-order valence-corrected chi connectivity index (χ2v) is 3.03. The minimum atomic E-state index is 0.519. The van der Waals surface area contributed by atoms with Crippen molar-refractivity contribution in [2.45, 2.75) is 12.8 Å². The van der Waals surface area contributed by atoms with E-state index in [0.29, 0.717) is 17.2 Å². The minimum Gasteiger partial charge on any atom is -0.495 e. The van der Waals surface area contributed by atoms with E-state index < -0.39 is 0 Å². The Morgan fingerprint density at radius 2 is 2.31 bits per heavy atom. The predicted molar refractivity (Wildman–Crippen MR) is 51.9 cm³/mol. The van der Waals surface area contributed by atoms with Gasteiger partial charge in [-0.1, -0.05) is 17.7 Å². The number of halogens is 1. The topological polar surface area (TPSA) is 33.0 Å². The SMILES string of the molecule is COc1cc(CCC#N)ccc1Cl. The van der Waals surface area contributed by atoms with Crippen LogP contribution in [0.25, 0.3) is 0 Å². The Hall–Kier alpha value is -1.20. The summed E-state index contributed by atoms with van der Waals surface area (Å²) in [5.74, 6) is 0.664. The summed E-state index contributed by atoms with van der Waals surface area (Å²) in [6.45, 7) is 0. The molecule has 0 spiro atoms. The predicted octanol–water partition coefficient (Wildman–Crippen LogP) is 2.80. The van der Waals surface area contributed by atoms with Crippen molar-refractivity contribution in [3.05, 3.63) is 28.8 Å². The van der Waals surface area contributed by atoms with Crippen molar-refractivity contribution in [3.8, 4) is 11.8 Å². The third-order valence-corrected chi connectivity index (χ3v) is 2.05. The maximum Gasteiger partial charge on any atom is 0.137 e. The largest absolute Gasteiger partial charge is 0.495 e. The maximum absolute atomic E-state index is 8.40. The summed E-state index contributed by atoms with van der Waals surface area (Å²) in [5, 5.41) is 9.00. The van der Waals surface area contributed by atoms with Gasteiger partial charge in [0.15, 0.2) is 0 Å². The van der Waals surface area contributed by atoms with Crippen LogP contribution in [0.5, 0.6) is 5.75 Å². The number of methoxy groups -OCH3 is 1. The summed E-state index contributed by atoms with van der Waals surface area (Å²) in [7, 11) is 1.58. The van der Waals surface area contributed by atoms with Gasteiger partial charge in [-0.05, 0) is 24.1 Å². The van der Waals surface area contributed by atoms with Crippen LogP contribution in [0.1, 0.15) is 12.0 Å². The Kier molecular flexibility index (Phi) is 3.60. The lowest BCUT2D eigenvalue weighted by Crippen LogP contribution is -1.88. The Balaban J connectivity index is 2.81. The molecule has 0 unspecified atom stereocenters. The first-order valence-corrected chi connectivity index (χ1v) is 4.35. The lowest BCUT2D eigenvalue weighted by atomic mass is 10.1. The highest BCUT2D eigenvalue weighted by molar-refractivity contribution is 6.32. The van der Waals surface area contributed by atoms with Crippen LogP contribution < -0.4 is 4.74 Å². The molecular formula is C10H10ClNO. The van der Waals surface area contributed by atoms with Gasteiger partial charge in [0.05, 0.1) is 18.2 Å². The molecule has 0 heterocycles. The van der Waals surface area contributed by atoms with Crippen molar-refractivity contribution in [1.82, 2.24) is 0 Å². The van der Waals surface area contributed by atoms with Crippen molar-refractivity contribution in [3.63, 3.8) is 0 Å². The van der Waals surface area contributed by atoms with Gasteiger partial charge in [0.25, 0.3) is 0 Å². The van der Waals surface area contributed by atoms with E-state index >= 15 is 0 Å². The first kappa shape index (κ1) is 9.88. The lowest BCUT2D eigenvalue weighted by molar-refractivity contribution is 0.414. The molecule has 2 nitrogen and oxygen atoms in total. The molecule has 0 saturated carbocycles. The highest BCUT2D eigenvalue weighted by Crippen LogP contribution is 2.25. The molecule has 0 aromatic heterocycles. The molecular weight excluding hydrogens is 186 g/mol. The summed E-state index contributed by atoms with van der Waals surface area (Å²) in [4.78, 5) is 0. The molecule has 68 valence electrons. The zero-order chi connectivity index (χ0) is 9.68. The summed E-state index contributed by atoms with van der Waals surface area (Å²) in [6.07, 6.45) is 1.26. The normalized spacial score (nSPS) is 9.31. The Morgan fingerprint density at radius 1 is 1.54 bits per heavy atom. The zero-order valence-corrected chi connectivity index (χ0v) is 8.14. The van der Waals surface area contributed by atoms with Crippen LogP contribution in [0, 0.1) is 11.3 Å². The highest BCUT2D eigenvalue weighted by atomic mass is 35.5. The van der Waals surface area contributed by atoms with Gasteiger partial charge in [-0.15, -0.1) is 0 Å². The summed E-state index contributed by atoms with van der Waals surface area (Å²) in [6, 6.07) is 7.65. The molecule has 3 heteroatoms. The van der Waals surface area contributed by atoms with E-state index in [1.807, 2.05) is 12.1 Å². The second-order valence-electron chi connectivity index (χ2n) is 2.63. The van der Waals surface area contributed by atoms with Gasteiger partial charge in [-0.3, -0.25) is 0 Å². The van der Waals surface area contributed by atoms with E-state index in [2.05, 4.69) is 6.07 Å². The molecule has 1 aromatic rings. The van der Waals surface area contributed by atoms with Crippen LogP contribution in [-0.4, -0.2) is 7.11 Å². The third kappa shape index (κ3) is 2.64. The van der Waals surface area contributed by atoms with Crippen molar-refractivity contribution in [1.29, 1.82) is 5.26 Å². The Bertz CT molecular complexity index is 330. The summed E-state index contributed by atoms with van der Waals surface area (Å²) >= 11 is 5.84. The molecule has 0 fully saturated rings. The zero-order valence-electron chi connectivity index (χ0n) is 7.38. The number of nitriles is 1. The van der Waals surface area contributed by atoms with E-state index in [0.717, 1.165) is 12.0 Å². The fraction of sp³-hybridized carbons (Fsp3) is 0.300. The lowest BCUT2D eigenvalue weighted by Gasteiger charge is -2.04. The van der Waals surface area contributed by atoms with Crippen LogP contribution in [0.3, 0.4) is 0 Å². The number of aryl methyl sites for hydroxylation is 1. The highest BCUT2D eigenvalue weighted by Gasteiger charge is 2.01. The fourth-order valence-electron chi connectivity index (χ4n) is 1.06. The molecule has 0 bridgehead atoms. The number of benzene rings is 1. The molecule has 0 amide bonds. The van der Waals surface area contributed by atoms with Crippen LogP contribution in [0.4, 0.5) is 0 Å². The van der Waals surface area contributed by atoms with Crippen LogP contribution in [-0.2, 0) is 6.42 Å². The number of nitrogens with zero attached hydrogens (tertiary/aromatic N) is 1. The average Bonchev–Trinajstić information content (AvgIpc) is 2.16. The van der Waals surface area contributed by atoms with Crippen LogP contribution >= 0.6 is 11.6 Å². The average molecular weight is 196 g/mol. The van der Waals surface area contributed by atoms with Gasteiger partial charge in [-0.2, -0.15) is 5.26 Å². The van der Waals surface area contributed by atoms with Crippen LogP contribution in [0.15, 0.2) is 18.2 Å². The maximum atomic E-state index is 8.40. The van der Waals surface area contributed by atoms with Crippen molar-refractivity contribution < 1.29 is 4.74 Å². The standard InChI is InChI=1S/C10H10ClNO/c1-13-10-7-8(3-2-6-12)4-5-9(10)11/h4-5,7H,2-3H2,1H3. The molecule has 0 saturated heterocycles. The monoisotopic (exact) mass is 195 g/mol. The second kappa shape index (κ2) is 4.74. The van der Waals surface area contributed by atoms with Crippen LogP contribution in [0.2, 0.25) is 5.02 Å². The minimum absolute atomic E-state index is 0.519. The van der Waals surface area contributed by atoms with Gasteiger partial charge in [0.1, 0.15) is 5.75 Å². The molecule has 1 aromatic carbocycles. The fourth-order valence-corrected chi connectivity index (χ4v) is 1.25. The van der Waals surface area contributed by atoms with Gasteiger partial charge in [-0.25, -0.2) is 0 Å². The molecule has 0 atom stereocenters. The number of ether oxygens (including phenoxy) is 1. The van der Waals surface area contributed by atoms with Crippen molar-refractivity contribution >= 4 is 11.6 Å². The summed E-state index contributed by atoms with van der Waals surface area (Å²) in [5.41, 5.74) is 1.07.